The number of nitrogens with zero attached hydrogens (tertiary/aromatic N) is 2. The zero-order chi connectivity index (χ0) is 19.4. The van der Waals surface area contributed by atoms with Gasteiger partial charge in [0.2, 0.25) is 0 Å². The van der Waals surface area contributed by atoms with Crippen molar-refractivity contribution in [3.8, 4) is 0 Å². The van der Waals surface area contributed by atoms with Gasteiger partial charge in [0.15, 0.2) is 23.3 Å². The molecular formula is C20H20F4N2. The molecule has 0 spiro atoms. The van der Waals surface area contributed by atoms with Gasteiger partial charge in [0.1, 0.15) is 0 Å². The number of hydrogen-bond donors (Lipinski definition) is 0. The maximum atomic E-state index is 14.2. The Balaban J connectivity index is 2.36. The van der Waals surface area contributed by atoms with E-state index in [1.54, 1.807) is 62.3 Å². The second kappa shape index (κ2) is 8.08. The molecule has 0 radical (unpaired) electrons. The number of benzene rings is 2. The maximum Gasteiger partial charge on any atom is 0.198 e. The van der Waals surface area contributed by atoms with Crippen LogP contribution in [-0.2, 0) is 0 Å². The average molecular weight is 364 g/mol. The first kappa shape index (κ1) is 19.6. The van der Waals surface area contributed by atoms with Crippen LogP contribution in [0.1, 0.15) is 11.1 Å². The van der Waals surface area contributed by atoms with Gasteiger partial charge in [-0.05, 0) is 48.5 Å². The lowest BCUT2D eigenvalue weighted by Crippen LogP contribution is -2.08. The summed E-state index contributed by atoms with van der Waals surface area (Å²) in [6, 6.07) is 11.5. The first-order valence-corrected chi connectivity index (χ1v) is 7.88. The molecule has 26 heavy (non-hydrogen) atoms. The molecule has 138 valence electrons. The lowest BCUT2D eigenvalue weighted by Gasteiger charge is -2.12. The zero-order valence-electron chi connectivity index (χ0n) is 15.0. The molecule has 0 N–H and O–H groups in total. The summed E-state index contributed by atoms with van der Waals surface area (Å²) < 4.78 is 56.6. The third-order valence-corrected chi connectivity index (χ3v) is 3.85. The van der Waals surface area contributed by atoms with Crippen LogP contribution >= 0.6 is 0 Å². The van der Waals surface area contributed by atoms with Crippen LogP contribution in [0.2, 0.25) is 0 Å². The fourth-order valence-corrected chi connectivity index (χ4v) is 2.26. The second-order valence-electron chi connectivity index (χ2n) is 6.14. The van der Waals surface area contributed by atoms with Gasteiger partial charge in [-0.3, -0.25) is 0 Å². The monoisotopic (exact) mass is 364 g/mol. The Bertz CT molecular complexity index is 748. The van der Waals surface area contributed by atoms with E-state index in [9.17, 15) is 17.6 Å². The van der Waals surface area contributed by atoms with Crippen LogP contribution in [0.3, 0.4) is 0 Å². The largest absolute Gasteiger partial charge is 0.378 e. The van der Waals surface area contributed by atoms with Gasteiger partial charge in [0, 0.05) is 50.7 Å². The molecular weight excluding hydrogens is 344 g/mol. The van der Waals surface area contributed by atoms with E-state index in [-0.39, 0.29) is 11.1 Å². The van der Waals surface area contributed by atoms with E-state index in [2.05, 4.69) is 0 Å². The van der Waals surface area contributed by atoms with Crippen LogP contribution in [0.25, 0.3) is 11.7 Å². The van der Waals surface area contributed by atoms with Crippen molar-refractivity contribution in [1.82, 2.24) is 0 Å². The fourth-order valence-electron chi connectivity index (χ4n) is 2.26. The number of allylic oxidation sites excluding steroid dienone is 2. The van der Waals surface area contributed by atoms with Gasteiger partial charge in [-0.25, -0.2) is 17.6 Å². The number of rotatable bonds is 5. The van der Waals surface area contributed by atoms with E-state index in [1.807, 2.05) is 0 Å². The summed E-state index contributed by atoms with van der Waals surface area (Å²) in [6.45, 7) is 0. The van der Waals surface area contributed by atoms with Crippen molar-refractivity contribution in [2.24, 2.45) is 0 Å². The van der Waals surface area contributed by atoms with Gasteiger partial charge < -0.3 is 9.80 Å². The van der Waals surface area contributed by atoms with Crippen molar-refractivity contribution in [3.05, 3.63) is 71.3 Å². The summed E-state index contributed by atoms with van der Waals surface area (Å²) in [5.41, 5.74) is 1.20. The highest BCUT2D eigenvalue weighted by molar-refractivity contribution is 5.72. The maximum absolute atomic E-state index is 14.2. The normalized spacial score (nSPS) is 13.1. The molecule has 0 amide bonds. The first-order chi connectivity index (χ1) is 12.2. The van der Waals surface area contributed by atoms with Gasteiger partial charge in [-0.1, -0.05) is 0 Å². The lowest BCUT2D eigenvalue weighted by atomic mass is 10.1. The van der Waals surface area contributed by atoms with Crippen LogP contribution in [0.4, 0.5) is 28.9 Å². The minimum Gasteiger partial charge on any atom is -0.378 e. The Morgan fingerprint density at radius 1 is 0.538 bits per heavy atom. The molecule has 0 aromatic heterocycles. The molecule has 0 aliphatic rings. The van der Waals surface area contributed by atoms with Gasteiger partial charge in [-0.2, -0.15) is 0 Å². The summed E-state index contributed by atoms with van der Waals surface area (Å²) in [5, 5.41) is 0. The molecule has 2 aromatic carbocycles. The minimum absolute atomic E-state index is 0.168. The average Bonchev–Trinajstić information content (AvgIpc) is 2.65. The van der Waals surface area contributed by atoms with Gasteiger partial charge in [0.05, 0.1) is 0 Å². The lowest BCUT2D eigenvalue weighted by molar-refractivity contribution is 0.519. The molecule has 0 bridgehead atoms. The molecule has 2 nitrogen and oxygen atoms in total. The molecule has 0 heterocycles. The molecule has 0 aliphatic carbocycles. The minimum atomic E-state index is -1.86. The van der Waals surface area contributed by atoms with E-state index in [4.69, 9.17) is 0 Å². The molecule has 0 fully saturated rings. The molecule has 0 saturated carbocycles. The molecule has 6 heteroatoms. The highest BCUT2D eigenvalue weighted by Crippen LogP contribution is 2.33. The van der Waals surface area contributed by atoms with E-state index in [0.29, 0.717) is 0 Å². The number of hydrogen-bond acceptors (Lipinski definition) is 2. The second-order valence-corrected chi connectivity index (χ2v) is 6.14. The summed E-state index contributed by atoms with van der Waals surface area (Å²) >= 11 is 0. The molecule has 0 atom stereocenters. The van der Waals surface area contributed by atoms with Gasteiger partial charge >= 0.3 is 0 Å². The number of halogens is 4. The van der Waals surface area contributed by atoms with Gasteiger partial charge in [0.25, 0.3) is 0 Å². The third kappa shape index (κ3) is 4.25. The van der Waals surface area contributed by atoms with Crippen LogP contribution in [0.5, 0.6) is 0 Å². The van der Waals surface area contributed by atoms with Crippen LogP contribution < -0.4 is 9.80 Å². The molecule has 0 saturated heterocycles. The summed E-state index contributed by atoms with van der Waals surface area (Å²) in [7, 11) is 7.17. The third-order valence-electron chi connectivity index (χ3n) is 3.85. The molecule has 2 aromatic rings. The quantitative estimate of drug-likeness (QED) is 0.493. The van der Waals surface area contributed by atoms with Crippen molar-refractivity contribution in [1.29, 1.82) is 0 Å². The predicted octanol–water partition coefficient (Wildman–Crippen LogP) is 5.73. The zero-order valence-corrected chi connectivity index (χ0v) is 15.0. The Kier molecular flexibility index (Phi) is 6.08. The standard InChI is InChI=1S/C20H20F4N2/c1-25(2)15-9-5-13(6-10-15)17(21)19(23)20(24)18(22)14-7-11-16(12-8-14)26(3)4/h5-12H,1-4H3/b19-17+,20-18+. The molecule has 0 aliphatic heterocycles. The van der Waals surface area contributed by atoms with Gasteiger partial charge in [-0.15, -0.1) is 0 Å². The Morgan fingerprint density at radius 3 is 1.04 bits per heavy atom. The van der Waals surface area contributed by atoms with E-state index >= 15 is 0 Å². The SMILES string of the molecule is CN(C)c1ccc(/C(F)=C(F)/C(F)=C(\F)c2ccc(N(C)C)cc2)cc1. The highest BCUT2D eigenvalue weighted by Gasteiger charge is 2.20. The van der Waals surface area contributed by atoms with Crippen molar-refractivity contribution >= 4 is 23.0 Å². The Morgan fingerprint density at radius 2 is 0.808 bits per heavy atom. The van der Waals surface area contributed by atoms with Crippen molar-refractivity contribution in [2.75, 3.05) is 38.0 Å². The van der Waals surface area contributed by atoms with E-state index in [0.717, 1.165) is 11.4 Å². The first-order valence-electron chi connectivity index (χ1n) is 7.88. The number of anilines is 2. The topological polar surface area (TPSA) is 6.48 Å². The summed E-state index contributed by atoms with van der Waals surface area (Å²) in [4.78, 5) is 3.55. The summed E-state index contributed by atoms with van der Waals surface area (Å²) in [6.07, 6.45) is 0. The van der Waals surface area contributed by atoms with Crippen molar-refractivity contribution in [2.45, 2.75) is 0 Å². The van der Waals surface area contributed by atoms with Crippen molar-refractivity contribution < 1.29 is 17.6 Å². The Labute approximate surface area is 150 Å². The predicted molar refractivity (Wildman–Crippen MR) is 99.8 cm³/mol. The van der Waals surface area contributed by atoms with Crippen LogP contribution in [0.15, 0.2) is 60.2 Å². The molecule has 0 unspecified atom stereocenters. The van der Waals surface area contributed by atoms with Crippen LogP contribution in [-0.4, -0.2) is 28.2 Å². The highest BCUT2D eigenvalue weighted by atomic mass is 19.2. The van der Waals surface area contributed by atoms with E-state index < -0.39 is 23.3 Å². The van der Waals surface area contributed by atoms with Crippen LogP contribution in [0, 0.1) is 0 Å². The molecule has 2 rings (SSSR count). The fraction of sp³-hybridized carbons (Fsp3) is 0.200. The van der Waals surface area contributed by atoms with Crippen molar-refractivity contribution in [3.63, 3.8) is 0 Å². The Hall–Kier alpha value is -2.76. The van der Waals surface area contributed by atoms with E-state index in [1.165, 1.54) is 24.3 Å². The summed E-state index contributed by atoms with van der Waals surface area (Å²) in [5.74, 6) is -6.63. The smallest absolute Gasteiger partial charge is 0.198 e.